The van der Waals surface area contributed by atoms with Crippen LogP contribution in [0.5, 0.6) is 0 Å². The van der Waals surface area contributed by atoms with Crippen LogP contribution in [-0.2, 0) is 19.0 Å². The van der Waals surface area contributed by atoms with Crippen LogP contribution >= 0.6 is 0 Å². The SMILES string of the molecule is Nc1ccccc1NC(=O)C1=CC(c2ccccc2)CC(OCCOCCO)O1. The molecule has 2 unspecified atom stereocenters. The lowest BCUT2D eigenvalue weighted by atomic mass is 9.93. The molecule has 1 aliphatic heterocycles. The van der Waals surface area contributed by atoms with Gasteiger partial charge in [-0.15, -0.1) is 0 Å². The van der Waals surface area contributed by atoms with Crippen molar-refractivity contribution in [2.75, 3.05) is 37.5 Å². The van der Waals surface area contributed by atoms with Gasteiger partial charge in [0.25, 0.3) is 5.91 Å². The van der Waals surface area contributed by atoms with E-state index in [4.69, 9.17) is 25.1 Å². The number of carbonyl (C=O) groups excluding carboxylic acids is 1. The van der Waals surface area contributed by atoms with Gasteiger partial charge in [-0.05, 0) is 23.8 Å². The highest BCUT2D eigenvalue weighted by Crippen LogP contribution is 2.32. The molecule has 2 aromatic carbocycles. The molecule has 0 aromatic heterocycles. The zero-order valence-corrected chi connectivity index (χ0v) is 16.1. The Hall–Kier alpha value is -2.87. The number of benzene rings is 2. The molecule has 0 fully saturated rings. The van der Waals surface area contributed by atoms with Gasteiger partial charge < -0.3 is 30.4 Å². The monoisotopic (exact) mass is 398 g/mol. The summed E-state index contributed by atoms with van der Waals surface area (Å²) in [5.74, 6) is -0.217. The van der Waals surface area contributed by atoms with Crippen molar-refractivity contribution in [2.24, 2.45) is 0 Å². The first-order valence-corrected chi connectivity index (χ1v) is 9.57. The Morgan fingerprint density at radius 1 is 1.10 bits per heavy atom. The first-order chi connectivity index (χ1) is 14.2. The molecule has 7 heteroatoms. The van der Waals surface area contributed by atoms with Crippen molar-refractivity contribution >= 4 is 17.3 Å². The van der Waals surface area contributed by atoms with Gasteiger partial charge >= 0.3 is 0 Å². The summed E-state index contributed by atoms with van der Waals surface area (Å²) in [6.45, 7) is 0.855. The lowest BCUT2D eigenvalue weighted by Crippen LogP contribution is -2.30. The molecule has 2 atom stereocenters. The van der Waals surface area contributed by atoms with Gasteiger partial charge in [0.05, 0.1) is 37.8 Å². The summed E-state index contributed by atoms with van der Waals surface area (Å²) in [5.41, 5.74) is 8.00. The average Bonchev–Trinajstić information content (AvgIpc) is 2.75. The van der Waals surface area contributed by atoms with Gasteiger partial charge in [0.15, 0.2) is 5.76 Å². The number of allylic oxidation sites excluding steroid dienone is 1. The van der Waals surface area contributed by atoms with Crippen LogP contribution in [0, 0.1) is 0 Å². The van der Waals surface area contributed by atoms with Gasteiger partial charge in [0, 0.05) is 12.3 Å². The van der Waals surface area contributed by atoms with E-state index in [1.165, 1.54) is 0 Å². The van der Waals surface area contributed by atoms with Crippen LogP contribution in [0.15, 0.2) is 66.4 Å². The van der Waals surface area contributed by atoms with E-state index in [9.17, 15) is 4.79 Å². The van der Waals surface area contributed by atoms with Crippen molar-refractivity contribution < 1.29 is 24.1 Å². The number of aliphatic hydroxyl groups excluding tert-OH is 1. The van der Waals surface area contributed by atoms with E-state index in [-0.39, 0.29) is 30.8 Å². The fourth-order valence-electron chi connectivity index (χ4n) is 3.05. The van der Waals surface area contributed by atoms with Crippen LogP contribution in [0.25, 0.3) is 0 Å². The Balaban J connectivity index is 1.71. The Bertz CT molecular complexity index is 825. The van der Waals surface area contributed by atoms with Crippen LogP contribution < -0.4 is 11.1 Å². The standard InChI is InChI=1S/C22H26N2O5/c23-18-8-4-5-9-19(18)24-22(26)20-14-17(16-6-2-1-3-7-16)15-21(29-20)28-13-12-27-11-10-25/h1-9,14,17,21,25H,10-13,15,23H2,(H,24,26). The van der Waals surface area contributed by atoms with E-state index in [2.05, 4.69) is 5.32 Å². The van der Waals surface area contributed by atoms with Crippen molar-refractivity contribution in [2.45, 2.75) is 18.6 Å². The van der Waals surface area contributed by atoms with E-state index >= 15 is 0 Å². The molecule has 154 valence electrons. The maximum absolute atomic E-state index is 12.8. The van der Waals surface area contributed by atoms with E-state index in [1.54, 1.807) is 24.3 Å². The summed E-state index contributed by atoms with van der Waals surface area (Å²) in [4.78, 5) is 12.8. The first kappa shape index (κ1) is 20.9. The molecule has 0 saturated heterocycles. The predicted octanol–water partition coefficient (Wildman–Crippen LogP) is 2.65. The van der Waals surface area contributed by atoms with E-state index in [0.29, 0.717) is 31.0 Å². The Labute approximate surface area is 170 Å². The number of ether oxygens (including phenoxy) is 3. The van der Waals surface area contributed by atoms with Crippen LogP contribution in [0.3, 0.4) is 0 Å². The van der Waals surface area contributed by atoms with Crippen LogP contribution in [0.1, 0.15) is 17.9 Å². The number of anilines is 2. The maximum atomic E-state index is 12.8. The average molecular weight is 398 g/mol. The Morgan fingerprint density at radius 3 is 2.62 bits per heavy atom. The molecule has 1 heterocycles. The highest BCUT2D eigenvalue weighted by Gasteiger charge is 2.29. The van der Waals surface area contributed by atoms with Crippen molar-refractivity contribution in [1.29, 1.82) is 0 Å². The normalized spacial score (nSPS) is 18.6. The molecule has 0 spiro atoms. The molecule has 29 heavy (non-hydrogen) atoms. The van der Waals surface area contributed by atoms with Gasteiger partial charge in [0.1, 0.15) is 0 Å². The zero-order valence-electron chi connectivity index (χ0n) is 16.1. The molecule has 2 aromatic rings. The van der Waals surface area contributed by atoms with E-state index in [1.807, 2.05) is 36.4 Å². The van der Waals surface area contributed by atoms with Crippen molar-refractivity contribution in [1.82, 2.24) is 0 Å². The lowest BCUT2D eigenvalue weighted by molar-refractivity contribution is -0.148. The molecule has 4 N–H and O–H groups in total. The Morgan fingerprint density at radius 2 is 1.86 bits per heavy atom. The van der Waals surface area contributed by atoms with Crippen molar-refractivity contribution in [3.8, 4) is 0 Å². The number of nitrogens with two attached hydrogens (primary N) is 1. The fraction of sp³-hybridized carbons (Fsp3) is 0.318. The van der Waals surface area contributed by atoms with Gasteiger partial charge in [-0.25, -0.2) is 0 Å². The first-order valence-electron chi connectivity index (χ1n) is 9.57. The van der Waals surface area contributed by atoms with Gasteiger partial charge in [-0.3, -0.25) is 4.79 Å². The predicted molar refractivity (Wildman–Crippen MR) is 110 cm³/mol. The molecular formula is C22H26N2O5. The topological polar surface area (TPSA) is 103 Å². The van der Waals surface area contributed by atoms with Crippen molar-refractivity contribution in [3.05, 3.63) is 72.0 Å². The largest absolute Gasteiger partial charge is 0.459 e. The molecule has 0 bridgehead atoms. The fourth-order valence-corrected chi connectivity index (χ4v) is 3.05. The number of hydrogen-bond acceptors (Lipinski definition) is 6. The molecule has 0 saturated carbocycles. The third kappa shape index (κ3) is 6.05. The molecule has 0 radical (unpaired) electrons. The minimum absolute atomic E-state index is 0.0258. The minimum Gasteiger partial charge on any atom is -0.459 e. The highest BCUT2D eigenvalue weighted by atomic mass is 16.7. The summed E-state index contributed by atoms with van der Waals surface area (Å²) < 4.78 is 16.8. The molecule has 1 aliphatic rings. The summed E-state index contributed by atoms with van der Waals surface area (Å²) in [6, 6.07) is 16.9. The van der Waals surface area contributed by atoms with Crippen LogP contribution in [0.4, 0.5) is 11.4 Å². The second kappa shape index (κ2) is 10.6. The Kier molecular flexibility index (Phi) is 7.63. The molecule has 3 rings (SSSR count). The number of rotatable bonds is 9. The van der Waals surface area contributed by atoms with E-state index < -0.39 is 6.29 Å². The molecule has 1 amide bonds. The number of nitrogens with one attached hydrogen (secondary N) is 1. The number of hydrogen-bond donors (Lipinski definition) is 3. The second-order valence-electron chi connectivity index (χ2n) is 6.58. The van der Waals surface area contributed by atoms with Gasteiger partial charge in [-0.2, -0.15) is 0 Å². The van der Waals surface area contributed by atoms with Gasteiger partial charge in [0.2, 0.25) is 6.29 Å². The van der Waals surface area contributed by atoms with Gasteiger partial charge in [-0.1, -0.05) is 42.5 Å². The zero-order chi connectivity index (χ0) is 20.5. The summed E-state index contributed by atoms with van der Waals surface area (Å²) in [7, 11) is 0. The third-order valence-electron chi connectivity index (χ3n) is 4.48. The molecule has 0 aliphatic carbocycles. The number of aliphatic hydroxyl groups is 1. The lowest BCUT2D eigenvalue weighted by Gasteiger charge is -2.29. The maximum Gasteiger partial charge on any atom is 0.290 e. The molecule has 7 nitrogen and oxygen atoms in total. The second-order valence-corrected chi connectivity index (χ2v) is 6.58. The summed E-state index contributed by atoms with van der Waals surface area (Å²) in [6.07, 6.45) is 1.80. The molecular weight excluding hydrogens is 372 g/mol. The minimum atomic E-state index is -0.586. The summed E-state index contributed by atoms with van der Waals surface area (Å²) in [5, 5.41) is 11.6. The smallest absolute Gasteiger partial charge is 0.290 e. The summed E-state index contributed by atoms with van der Waals surface area (Å²) >= 11 is 0. The van der Waals surface area contributed by atoms with Crippen LogP contribution in [0.2, 0.25) is 0 Å². The van der Waals surface area contributed by atoms with E-state index in [0.717, 1.165) is 5.56 Å². The number of carbonyl (C=O) groups is 1. The van der Waals surface area contributed by atoms with Crippen molar-refractivity contribution in [3.63, 3.8) is 0 Å². The third-order valence-corrected chi connectivity index (χ3v) is 4.48. The van der Waals surface area contributed by atoms with Crippen LogP contribution in [-0.4, -0.2) is 43.7 Å². The number of nitrogen functional groups attached to an aromatic ring is 1. The number of amides is 1. The number of para-hydroxylation sites is 2. The quantitative estimate of drug-likeness (QED) is 0.443. The highest BCUT2D eigenvalue weighted by molar-refractivity contribution is 6.04.